The van der Waals surface area contributed by atoms with Gasteiger partial charge < -0.3 is 5.32 Å². The molecular weight excluding hydrogens is 332 g/mol. The summed E-state index contributed by atoms with van der Waals surface area (Å²) in [4.78, 5) is 16.4. The molecule has 3 rings (SSSR count). The molecule has 0 aliphatic heterocycles. The highest BCUT2D eigenvalue weighted by Crippen LogP contribution is 2.21. The van der Waals surface area contributed by atoms with E-state index in [2.05, 4.69) is 15.4 Å². The summed E-state index contributed by atoms with van der Waals surface area (Å²) in [6.45, 7) is 0. The summed E-state index contributed by atoms with van der Waals surface area (Å²) in [5, 5.41) is 8.43. The fourth-order valence-electron chi connectivity index (χ4n) is 2.02. The molecule has 0 atom stereocenters. The summed E-state index contributed by atoms with van der Waals surface area (Å²) < 4.78 is 1.62. The van der Waals surface area contributed by atoms with Crippen LogP contribution in [0.4, 0.5) is 5.69 Å². The Morgan fingerprint density at radius 2 is 2.13 bits per heavy atom. The third-order valence-corrected chi connectivity index (χ3v) is 4.11. The lowest BCUT2D eigenvalue weighted by atomic mass is 10.2. The number of benzene rings is 1. The molecule has 2 heterocycles. The largest absolute Gasteiger partial charge is 0.319 e. The molecule has 2 aromatic heterocycles. The van der Waals surface area contributed by atoms with Crippen LogP contribution in [0.5, 0.6) is 0 Å². The fourth-order valence-corrected chi connectivity index (χ4v) is 2.66. The van der Waals surface area contributed by atoms with Gasteiger partial charge in [0.25, 0.3) is 5.91 Å². The van der Waals surface area contributed by atoms with Gasteiger partial charge in [0.15, 0.2) is 0 Å². The zero-order chi connectivity index (χ0) is 16.2. The van der Waals surface area contributed by atoms with Gasteiger partial charge in [-0.25, -0.2) is 9.67 Å². The van der Waals surface area contributed by atoms with Gasteiger partial charge >= 0.3 is 0 Å². The molecule has 1 N–H and O–H groups in total. The second-order valence-corrected chi connectivity index (χ2v) is 5.90. The molecule has 23 heavy (non-hydrogen) atoms. The van der Waals surface area contributed by atoms with E-state index < -0.39 is 0 Å². The Morgan fingerprint density at radius 3 is 2.91 bits per heavy atom. The van der Waals surface area contributed by atoms with Crippen LogP contribution >= 0.6 is 23.4 Å². The van der Waals surface area contributed by atoms with Crippen molar-refractivity contribution < 1.29 is 4.79 Å². The number of thioether (sulfide) groups is 1. The van der Waals surface area contributed by atoms with E-state index in [4.69, 9.17) is 11.6 Å². The molecule has 1 amide bonds. The number of para-hydroxylation sites is 1. The minimum Gasteiger partial charge on any atom is -0.319 e. The van der Waals surface area contributed by atoms with Crippen LogP contribution in [-0.4, -0.2) is 26.9 Å². The molecule has 0 saturated carbocycles. The number of carbonyl (C=O) groups excluding carboxylic acids is 1. The molecule has 0 fully saturated rings. The standard InChI is InChI=1S/C16H13ClN4OS/c1-23-15-8-11(6-7-18-15)16(22)20-12-9-19-21(10-12)14-5-3-2-4-13(14)17/h2-10H,1H3,(H,20,22). The van der Waals surface area contributed by atoms with Crippen molar-refractivity contribution in [2.24, 2.45) is 0 Å². The molecule has 0 aliphatic carbocycles. The Morgan fingerprint density at radius 1 is 1.30 bits per heavy atom. The Bertz CT molecular complexity index is 849. The van der Waals surface area contributed by atoms with Gasteiger partial charge in [0.1, 0.15) is 0 Å². The first-order chi connectivity index (χ1) is 11.2. The molecule has 3 aromatic rings. The van der Waals surface area contributed by atoms with Crippen molar-refractivity contribution in [3.63, 3.8) is 0 Å². The second kappa shape index (κ2) is 6.85. The van der Waals surface area contributed by atoms with Crippen molar-refractivity contribution in [3.05, 3.63) is 65.6 Å². The Hall–Kier alpha value is -2.31. The second-order valence-electron chi connectivity index (χ2n) is 4.67. The minimum absolute atomic E-state index is 0.207. The number of aromatic nitrogens is 3. The lowest BCUT2D eigenvalue weighted by Gasteiger charge is -2.04. The van der Waals surface area contributed by atoms with Gasteiger partial charge in [-0.05, 0) is 30.5 Å². The van der Waals surface area contributed by atoms with Crippen molar-refractivity contribution >= 4 is 35.0 Å². The van der Waals surface area contributed by atoms with E-state index in [9.17, 15) is 4.79 Å². The highest BCUT2D eigenvalue weighted by atomic mass is 35.5. The molecule has 0 radical (unpaired) electrons. The van der Waals surface area contributed by atoms with Crippen molar-refractivity contribution in [2.45, 2.75) is 5.03 Å². The molecule has 116 valence electrons. The summed E-state index contributed by atoms with van der Waals surface area (Å²) >= 11 is 7.63. The van der Waals surface area contributed by atoms with E-state index in [1.165, 1.54) is 11.8 Å². The number of pyridine rings is 1. The molecule has 0 aliphatic rings. The first-order valence-corrected chi connectivity index (χ1v) is 8.38. The van der Waals surface area contributed by atoms with Crippen LogP contribution in [0.25, 0.3) is 5.69 Å². The molecule has 0 bridgehead atoms. The lowest BCUT2D eigenvalue weighted by molar-refractivity contribution is 0.102. The van der Waals surface area contributed by atoms with E-state index in [0.29, 0.717) is 16.3 Å². The van der Waals surface area contributed by atoms with E-state index in [1.54, 1.807) is 41.5 Å². The van der Waals surface area contributed by atoms with Gasteiger partial charge in [0.2, 0.25) is 0 Å². The lowest BCUT2D eigenvalue weighted by Crippen LogP contribution is -2.11. The summed E-state index contributed by atoms with van der Waals surface area (Å²) in [5.74, 6) is -0.207. The summed E-state index contributed by atoms with van der Waals surface area (Å²) in [7, 11) is 0. The quantitative estimate of drug-likeness (QED) is 0.729. The summed E-state index contributed by atoms with van der Waals surface area (Å²) in [6, 6.07) is 10.8. The average Bonchev–Trinajstić information content (AvgIpc) is 3.03. The highest BCUT2D eigenvalue weighted by molar-refractivity contribution is 7.98. The maximum absolute atomic E-state index is 12.3. The Balaban J connectivity index is 1.79. The SMILES string of the molecule is CSc1cc(C(=O)Nc2cnn(-c3ccccc3Cl)c2)ccn1. The van der Waals surface area contributed by atoms with Crippen LogP contribution in [0.1, 0.15) is 10.4 Å². The zero-order valence-corrected chi connectivity index (χ0v) is 13.8. The predicted octanol–water partition coefficient (Wildman–Crippen LogP) is 3.89. The average molecular weight is 345 g/mol. The normalized spacial score (nSPS) is 10.5. The van der Waals surface area contributed by atoms with Crippen molar-refractivity contribution in [1.29, 1.82) is 0 Å². The number of anilines is 1. The minimum atomic E-state index is -0.207. The fraction of sp³-hybridized carbons (Fsp3) is 0.0625. The van der Waals surface area contributed by atoms with Crippen LogP contribution in [0.3, 0.4) is 0 Å². The van der Waals surface area contributed by atoms with Gasteiger partial charge in [-0.15, -0.1) is 11.8 Å². The van der Waals surface area contributed by atoms with Gasteiger partial charge in [-0.2, -0.15) is 5.10 Å². The summed E-state index contributed by atoms with van der Waals surface area (Å²) in [6.07, 6.45) is 6.83. The highest BCUT2D eigenvalue weighted by Gasteiger charge is 2.10. The van der Waals surface area contributed by atoms with E-state index >= 15 is 0 Å². The number of hydrogen-bond acceptors (Lipinski definition) is 4. The molecule has 0 spiro atoms. The van der Waals surface area contributed by atoms with Crippen molar-refractivity contribution in [1.82, 2.24) is 14.8 Å². The Kier molecular flexibility index (Phi) is 4.64. The van der Waals surface area contributed by atoms with Crippen LogP contribution in [0.2, 0.25) is 5.02 Å². The smallest absolute Gasteiger partial charge is 0.255 e. The van der Waals surface area contributed by atoms with Gasteiger partial charge in [-0.3, -0.25) is 4.79 Å². The van der Waals surface area contributed by atoms with Gasteiger partial charge in [0.05, 0.1) is 33.8 Å². The molecular formula is C16H13ClN4OS. The van der Waals surface area contributed by atoms with Crippen molar-refractivity contribution in [2.75, 3.05) is 11.6 Å². The number of amides is 1. The topological polar surface area (TPSA) is 59.8 Å². The maximum atomic E-state index is 12.3. The third kappa shape index (κ3) is 3.55. The van der Waals surface area contributed by atoms with E-state index in [0.717, 1.165) is 10.7 Å². The number of hydrogen-bond donors (Lipinski definition) is 1. The first kappa shape index (κ1) is 15.6. The number of rotatable bonds is 4. The number of nitrogens with one attached hydrogen (secondary N) is 1. The van der Waals surface area contributed by atoms with Gasteiger partial charge in [-0.1, -0.05) is 23.7 Å². The third-order valence-electron chi connectivity index (χ3n) is 3.15. The number of nitrogens with zero attached hydrogens (tertiary/aromatic N) is 3. The number of carbonyl (C=O) groups is 1. The number of halogens is 1. The zero-order valence-electron chi connectivity index (χ0n) is 12.2. The Labute approximate surface area is 142 Å². The first-order valence-electron chi connectivity index (χ1n) is 6.78. The molecule has 1 aromatic carbocycles. The van der Waals surface area contributed by atoms with E-state index in [-0.39, 0.29) is 5.91 Å². The van der Waals surface area contributed by atoms with Crippen LogP contribution in [-0.2, 0) is 0 Å². The van der Waals surface area contributed by atoms with Crippen LogP contribution in [0, 0.1) is 0 Å². The van der Waals surface area contributed by atoms with E-state index in [1.807, 2.05) is 24.5 Å². The molecule has 0 saturated heterocycles. The molecule has 5 nitrogen and oxygen atoms in total. The molecule has 0 unspecified atom stereocenters. The maximum Gasteiger partial charge on any atom is 0.255 e. The van der Waals surface area contributed by atoms with Crippen LogP contribution < -0.4 is 5.32 Å². The summed E-state index contributed by atoms with van der Waals surface area (Å²) in [5.41, 5.74) is 1.90. The van der Waals surface area contributed by atoms with Crippen LogP contribution in [0.15, 0.2) is 60.0 Å². The molecule has 7 heteroatoms. The van der Waals surface area contributed by atoms with Crippen molar-refractivity contribution in [3.8, 4) is 5.69 Å². The predicted molar refractivity (Wildman–Crippen MR) is 92.5 cm³/mol. The van der Waals surface area contributed by atoms with Gasteiger partial charge in [0, 0.05) is 11.8 Å². The monoisotopic (exact) mass is 344 g/mol.